The molecule has 0 fully saturated rings. The normalized spacial score (nSPS) is 11.5. The minimum atomic E-state index is -3.77. The first-order chi connectivity index (χ1) is 10.5. The highest BCUT2D eigenvalue weighted by Gasteiger charge is 2.20. The van der Waals surface area contributed by atoms with E-state index in [2.05, 4.69) is 9.71 Å². The third-order valence-electron chi connectivity index (χ3n) is 2.93. The van der Waals surface area contributed by atoms with Crippen LogP contribution in [0.4, 0.5) is 5.13 Å². The van der Waals surface area contributed by atoms with Crippen molar-refractivity contribution in [2.45, 2.75) is 4.90 Å². The number of methoxy groups -OCH3 is 1. The molecule has 2 aromatic carbocycles. The van der Waals surface area contributed by atoms with Gasteiger partial charge in [0.2, 0.25) is 0 Å². The van der Waals surface area contributed by atoms with E-state index >= 15 is 0 Å². The van der Waals surface area contributed by atoms with Crippen LogP contribution in [0.15, 0.2) is 47.4 Å². The molecule has 0 saturated carbocycles. The smallest absolute Gasteiger partial charge is 0.267 e. The van der Waals surface area contributed by atoms with E-state index < -0.39 is 10.0 Å². The number of anilines is 1. The molecule has 8 heteroatoms. The van der Waals surface area contributed by atoms with E-state index in [4.69, 9.17) is 16.3 Å². The molecule has 22 heavy (non-hydrogen) atoms. The van der Waals surface area contributed by atoms with Gasteiger partial charge in [-0.25, -0.2) is 13.4 Å². The molecule has 3 rings (SSSR count). The molecule has 0 bridgehead atoms. The number of hydrogen-bond donors (Lipinski definition) is 1. The summed E-state index contributed by atoms with van der Waals surface area (Å²) in [5.74, 6) is 0.277. The Labute approximate surface area is 136 Å². The summed E-state index contributed by atoms with van der Waals surface area (Å²) in [5, 5.41) is 0.860. The van der Waals surface area contributed by atoms with Crippen LogP contribution < -0.4 is 9.46 Å². The number of thiazole rings is 1. The zero-order valence-corrected chi connectivity index (χ0v) is 13.8. The summed E-state index contributed by atoms with van der Waals surface area (Å²) in [4.78, 5) is 4.31. The van der Waals surface area contributed by atoms with Gasteiger partial charge in [0.05, 0.1) is 17.3 Å². The minimum absolute atomic E-state index is 0.0646. The van der Waals surface area contributed by atoms with Crippen molar-refractivity contribution in [3.63, 3.8) is 0 Å². The Bertz CT molecular complexity index is 938. The van der Waals surface area contributed by atoms with Crippen molar-refractivity contribution in [1.82, 2.24) is 4.98 Å². The summed E-state index contributed by atoms with van der Waals surface area (Å²) in [6.45, 7) is 0. The number of para-hydroxylation sites is 1. The van der Waals surface area contributed by atoms with Gasteiger partial charge in [0.25, 0.3) is 10.0 Å². The zero-order chi connectivity index (χ0) is 15.7. The number of aromatic nitrogens is 1. The molecule has 0 radical (unpaired) electrons. The highest BCUT2D eigenvalue weighted by molar-refractivity contribution is 7.93. The maximum Gasteiger partial charge on any atom is 0.267 e. The van der Waals surface area contributed by atoms with Gasteiger partial charge in [0.15, 0.2) is 5.13 Å². The largest absolute Gasteiger partial charge is 0.495 e. The first kappa shape index (κ1) is 15.1. The van der Waals surface area contributed by atoms with Crippen LogP contribution in [0.3, 0.4) is 0 Å². The van der Waals surface area contributed by atoms with Gasteiger partial charge in [-0.3, -0.25) is 4.72 Å². The van der Waals surface area contributed by atoms with E-state index in [0.717, 1.165) is 4.70 Å². The van der Waals surface area contributed by atoms with Crippen LogP contribution in [0.5, 0.6) is 5.75 Å². The van der Waals surface area contributed by atoms with Gasteiger partial charge < -0.3 is 4.74 Å². The molecule has 1 aromatic heterocycles. The number of rotatable bonds is 4. The Kier molecular flexibility index (Phi) is 3.94. The summed E-state index contributed by atoms with van der Waals surface area (Å²) in [6.07, 6.45) is 0. The first-order valence-electron chi connectivity index (χ1n) is 6.21. The summed E-state index contributed by atoms with van der Waals surface area (Å²) in [5.41, 5.74) is 0.687. The predicted molar refractivity (Wildman–Crippen MR) is 88.4 cm³/mol. The Morgan fingerprint density at radius 2 is 2.00 bits per heavy atom. The third-order valence-corrected chi connectivity index (χ3v) is 5.61. The van der Waals surface area contributed by atoms with Crippen molar-refractivity contribution < 1.29 is 13.2 Å². The number of nitrogens with one attached hydrogen (secondary N) is 1. The van der Waals surface area contributed by atoms with Crippen molar-refractivity contribution in [3.8, 4) is 5.75 Å². The topological polar surface area (TPSA) is 68.3 Å². The maximum absolute atomic E-state index is 12.5. The molecule has 5 nitrogen and oxygen atoms in total. The average molecular weight is 355 g/mol. The van der Waals surface area contributed by atoms with E-state index in [1.54, 1.807) is 36.4 Å². The van der Waals surface area contributed by atoms with Gasteiger partial charge in [0, 0.05) is 5.02 Å². The highest BCUT2D eigenvalue weighted by atomic mass is 35.5. The fourth-order valence-corrected chi connectivity index (χ4v) is 4.50. The molecule has 0 aliphatic heterocycles. The number of ether oxygens (including phenoxy) is 1. The fourth-order valence-electron chi connectivity index (χ4n) is 1.95. The van der Waals surface area contributed by atoms with E-state index in [9.17, 15) is 8.42 Å². The van der Waals surface area contributed by atoms with Crippen molar-refractivity contribution in [1.29, 1.82) is 0 Å². The molecule has 1 N–H and O–H groups in total. The summed E-state index contributed by atoms with van der Waals surface area (Å²) >= 11 is 7.14. The monoisotopic (exact) mass is 354 g/mol. The molecule has 0 unspecified atom stereocenters. The maximum atomic E-state index is 12.5. The second kappa shape index (κ2) is 5.75. The molecule has 0 aliphatic rings. The number of sulfonamides is 1. The molecule has 0 amide bonds. The van der Waals surface area contributed by atoms with Gasteiger partial charge >= 0.3 is 0 Å². The molecule has 0 aliphatic carbocycles. The lowest BCUT2D eigenvalue weighted by Crippen LogP contribution is -2.13. The van der Waals surface area contributed by atoms with Crippen LogP contribution >= 0.6 is 22.9 Å². The van der Waals surface area contributed by atoms with Crippen LogP contribution in [0, 0.1) is 0 Å². The molecule has 3 aromatic rings. The van der Waals surface area contributed by atoms with Crippen LogP contribution in [-0.2, 0) is 10.0 Å². The Morgan fingerprint density at radius 3 is 2.77 bits per heavy atom. The van der Waals surface area contributed by atoms with Gasteiger partial charge in [-0.1, -0.05) is 35.1 Å². The Morgan fingerprint density at radius 1 is 1.23 bits per heavy atom. The molecule has 114 valence electrons. The lowest BCUT2D eigenvalue weighted by atomic mass is 10.3. The molecular formula is C14H11ClN2O3S2. The minimum Gasteiger partial charge on any atom is -0.495 e. The standard InChI is InChI=1S/C14H11ClN2O3S2/c1-20-11-4-2-3-5-13(11)22(18,19)17-14-16-10-7-6-9(15)8-12(10)21-14/h2-8H,1H3,(H,16,17). The molecule has 0 saturated heterocycles. The second-order valence-electron chi connectivity index (χ2n) is 4.39. The van der Waals surface area contributed by atoms with Crippen LogP contribution in [-0.4, -0.2) is 20.5 Å². The van der Waals surface area contributed by atoms with Crippen LogP contribution in [0.1, 0.15) is 0 Å². The average Bonchev–Trinajstić information content (AvgIpc) is 2.87. The SMILES string of the molecule is COc1ccccc1S(=O)(=O)Nc1nc2ccc(Cl)cc2s1. The van der Waals surface area contributed by atoms with Crippen molar-refractivity contribution >= 4 is 48.3 Å². The number of fused-ring (bicyclic) bond motifs is 1. The quantitative estimate of drug-likeness (QED) is 0.774. The van der Waals surface area contributed by atoms with Crippen LogP contribution in [0.25, 0.3) is 10.2 Å². The third kappa shape index (κ3) is 2.87. The predicted octanol–water partition coefficient (Wildman–Crippen LogP) is 3.76. The summed E-state index contributed by atoms with van der Waals surface area (Å²) in [7, 11) is -2.35. The molecule has 1 heterocycles. The highest BCUT2D eigenvalue weighted by Crippen LogP contribution is 2.31. The molecular weight excluding hydrogens is 344 g/mol. The lowest BCUT2D eigenvalue weighted by molar-refractivity contribution is 0.403. The van der Waals surface area contributed by atoms with Gasteiger partial charge in [-0.15, -0.1) is 0 Å². The van der Waals surface area contributed by atoms with E-state index in [0.29, 0.717) is 10.5 Å². The van der Waals surface area contributed by atoms with E-state index in [1.807, 2.05) is 0 Å². The molecule has 0 atom stereocenters. The van der Waals surface area contributed by atoms with Gasteiger partial charge in [0.1, 0.15) is 10.6 Å². The second-order valence-corrected chi connectivity index (χ2v) is 7.51. The van der Waals surface area contributed by atoms with E-state index in [1.165, 1.54) is 24.5 Å². The summed E-state index contributed by atoms with van der Waals surface area (Å²) < 4.78 is 33.3. The Balaban J connectivity index is 1.99. The lowest BCUT2D eigenvalue weighted by Gasteiger charge is -2.09. The summed E-state index contributed by atoms with van der Waals surface area (Å²) in [6, 6.07) is 11.6. The van der Waals surface area contributed by atoms with E-state index in [-0.39, 0.29) is 15.8 Å². The number of hydrogen-bond acceptors (Lipinski definition) is 5. The number of nitrogens with zero attached hydrogens (tertiary/aromatic N) is 1. The Hall–Kier alpha value is -1.83. The fraction of sp³-hybridized carbons (Fsp3) is 0.0714. The molecule has 0 spiro atoms. The van der Waals surface area contributed by atoms with Crippen LogP contribution in [0.2, 0.25) is 5.02 Å². The van der Waals surface area contributed by atoms with Crippen molar-refractivity contribution in [2.24, 2.45) is 0 Å². The van der Waals surface area contributed by atoms with Crippen molar-refractivity contribution in [2.75, 3.05) is 11.8 Å². The number of benzene rings is 2. The van der Waals surface area contributed by atoms with Gasteiger partial charge in [-0.2, -0.15) is 0 Å². The number of halogens is 1. The first-order valence-corrected chi connectivity index (χ1v) is 8.89. The zero-order valence-electron chi connectivity index (χ0n) is 11.4. The van der Waals surface area contributed by atoms with Gasteiger partial charge in [-0.05, 0) is 30.3 Å². The van der Waals surface area contributed by atoms with Crippen molar-refractivity contribution in [3.05, 3.63) is 47.5 Å².